The molecule has 0 bridgehead atoms. The fourth-order valence-corrected chi connectivity index (χ4v) is 6.60. The van der Waals surface area contributed by atoms with Crippen molar-refractivity contribution in [1.82, 2.24) is 25.8 Å². The van der Waals surface area contributed by atoms with Crippen LogP contribution in [-0.4, -0.2) is 98.5 Å². The molecule has 7 N–H and O–H groups in total. The lowest BCUT2D eigenvalue weighted by molar-refractivity contribution is -0.129. The second kappa shape index (κ2) is 33.8. The van der Waals surface area contributed by atoms with Gasteiger partial charge in [-0.3, -0.25) is 14.4 Å². The van der Waals surface area contributed by atoms with Gasteiger partial charge < -0.3 is 37.2 Å². The summed E-state index contributed by atoms with van der Waals surface area (Å²) in [4.78, 5) is 43.4. The second-order valence-electron chi connectivity index (χ2n) is 14.8. The van der Waals surface area contributed by atoms with Gasteiger partial charge in [0.2, 0.25) is 17.7 Å². The average molecular weight is 720 g/mol. The summed E-state index contributed by atoms with van der Waals surface area (Å²) in [7, 11) is 0. The Hall–Kier alpha value is -2.01. The zero-order valence-corrected chi connectivity index (χ0v) is 33.2. The molecule has 3 amide bonds. The predicted molar refractivity (Wildman–Crippen MR) is 215 cm³/mol. The standard InChI is InChI=1S/C41H81N7O3/c1-3-5-7-8-9-10-11-12-13-14-15-16-17-18-19-27-39(49)46-38(26-21-23-29-44-40(50)37(43)25-20-22-28-42)41(51)45-30-24-32-48-35-33-47(34-36-48)31-6-4-2/h12-13,37-38H,3-11,14-36,42-43H2,1-2H3,(H,44,50)(H,45,51)(H,46,49). The van der Waals surface area contributed by atoms with Gasteiger partial charge in [-0.2, -0.15) is 0 Å². The highest BCUT2D eigenvalue weighted by Gasteiger charge is 2.21. The van der Waals surface area contributed by atoms with Crippen LogP contribution in [0, 0.1) is 0 Å². The van der Waals surface area contributed by atoms with Gasteiger partial charge >= 0.3 is 0 Å². The molecule has 1 aliphatic rings. The van der Waals surface area contributed by atoms with E-state index in [1.54, 1.807) is 0 Å². The van der Waals surface area contributed by atoms with Crippen molar-refractivity contribution in [3.8, 4) is 0 Å². The van der Waals surface area contributed by atoms with Gasteiger partial charge in [0.25, 0.3) is 0 Å². The predicted octanol–water partition coefficient (Wildman–Crippen LogP) is 6.18. The quantitative estimate of drug-likeness (QED) is 0.0395. The zero-order chi connectivity index (χ0) is 37.2. The SMILES string of the molecule is CCCCCCCCC=CCCCCCCCC(=O)NC(CCCCNC(=O)C(N)CCCCN)C(=O)NCCCN1CCN(CCCC)CC1. The molecular weight excluding hydrogens is 638 g/mol. The first kappa shape index (κ1) is 47.0. The first-order valence-corrected chi connectivity index (χ1v) is 21.3. The maximum atomic E-state index is 13.2. The normalized spacial score (nSPS) is 15.2. The van der Waals surface area contributed by atoms with Crippen LogP contribution in [0.1, 0.15) is 162 Å². The molecule has 1 rings (SSSR count). The lowest BCUT2D eigenvalue weighted by Crippen LogP contribution is -2.48. The molecule has 0 radical (unpaired) electrons. The Morgan fingerprint density at radius 1 is 0.608 bits per heavy atom. The second-order valence-corrected chi connectivity index (χ2v) is 14.8. The molecule has 2 unspecified atom stereocenters. The van der Waals surface area contributed by atoms with Crippen LogP contribution in [0.15, 0.2) is 12.2 Å². The molecular formula is C41H81N7O3. The molecule has 10 heteroatoms. The van der Waals surface area contributed by atoms with Gasteiger partial charge in [-0.1, -0.05) is 90.2 Å². The summed E-state index contributed by atoms with van der Waals surface area (Å²) in [6, 6.07) is -1.08. The smallest absolute Gasteiger partial charge is 0.242 e. The molecule has 0 aromatic heterocycles. The average Bonchev–Trinajstić information content (AvgIpc) is 3.13. The van der Waals surface area contributed by atoms with Gasteiger partial charge in [-0.15, -0.1) is 0 Å². The van der Waals surface area contributed by atoms with Crippen LogP contribution in [0.3, 0.4) is 0 Å². The molecule has 0 aromatic rings. The number of amides is 3. The minimum Gasteiger partial charge on any atom is -0.355 e. The fourth-order valence-electron chi connectivity index (χ4n) is 6.60. The molecule has 10 nitrogen and oxygen atoms in total. The number of allylic oxidation sites excluding steroid dienone is 2. The molecule has 1 fully saturated rings. The Labute approximate surface area is 313 Å². The van der Waals surface area contributed by atoms with Gasteiger partial charge in [0.15, 0.2) is 0 Å². The van der Waals surface area contributed by atoms with Gasteiger partial charge in [0.1, 0.15) is 6.04 Å². The number of unbranched alkanes of at least 4 members (excludes halogenated alkanes) is 14. The molecule has 0 saturated carbocycles. The molecule has 2 atom stereocenters. The third-order valence-electron chi connectivity index (χ3n) is 10.1. The van der Waals surface area contributed by atoms with Crippen LogP contribution in [0.25, 0.3) is 0 Å². The van der Waals surface area contributed by atoms with Crippen molar-refractivity contribution in [2.75, 3.05) is 58.9 Å². The van der Waals surface area contributed by atoms with E-state index in [0.29, 0.717) is 38.9 Å². The van der Waals surface area contributed by atoms with Gasteiger partial charge in [-0.25, -0.2) is 0 Å². The minimum absolute atomic E-state index is 0.0505. The summed E-state index contributed by atoms with van der Waals surface area (Å²) in [6.07, 6.45) is 28.7. The van der Waals surface area contributed by atoms with E-state index in [0.717, 1.165) is 90.5 Å². The van der Waals surface area contributed by atoms with Crippen molar-refractivity contribution in [2.24, 2.45) is 11.5 Å². The Bertz CT molecular complexity index is 879. The number of hydrogen-bond donors (Lipinski definition) is 5. The summed E-state index contributed by atoms with van der Waals surface area (Å²) in [5, 5.41) is 9.04. The molecule has 1 heterocycles. The third kappa shape index (κ3) is 27.3. The van der Waals surface area contributed by atoms with E-state index < -0.39 is 12.1 Å². The molecule has 298 valence electrons. The summed E-state index contributed by atoms with van der Waals surface area (Å²) in [6.45, 7) is 12.8. The third-order valence-corrected chi connectivity index (χ3v) is 10.1. The lowest BCUT2D eigenvalue weighted by Gasteiger charge is -2.34. The van der Waals surface area contributed by atoms with Crippen molar-refractivity contribution in [3.05, 3.63) is 12.2 Å². The van der Waals surface area contributed by atoms with Crippen LogP contribution in [0.2, 0.25) is 0 Å². The van der Waals surface area contributed by atoms with E-state index >= 15 is 0 Å². The molecule has 1 aliphatic heterocycles. The zero-order valence-electron chi connectivity index (χ0n) is 33.2. The molecule has 0 aromatic carbocycles. The van der Waals surface area contributed by atoms with E-state index in [4.69, 9.17) is 11.5 Å². The van der Waals surface area contributed by atoms with Crippen molar-refractivity contribution in [1.29, 1.82) is 0 Å². The van der Waals surface area contributed by atoms with Gasteiger partial charge in [0.05, 0.1) is 6.04 Å². The highest BCUT2D eigenvalue weighted by molar-refractivity contribution is 5.87. The van der Waals surface area contributed by atoms with Crippen molar-refractivity contribution in [3.63, 3.8) is 0 Å². The summed E-state index contributed by atoms with van der Waals surface area (Å²) in [5.41, 5.74) is 11.5. The number of nitrogens with two attached hydrogens (primary N) is 2. The van der Waals surface area contributed by atoms with Crippen LogP contribution >= 0.6 is 0 Å². The summed E-state index contributed by atoms with van der Waals surface area (Å²) >= 11 is 0. The maximum Gasteiger partial charge on any atom is 0.242 e. The number of piperazine rings is 1. The number of carbonyl (C=O) groups excluding carboxylic acids is 3. The highest BCUT2D eigenvalue weighted by atomic mass is 16.2. The topological polar surface area (TPSA) is 146 Å². The molecule has 51 heavy (non-hydrogen) atoms. The van der Waals surface area contributed by atoms with E-state index in [-0.39, 0.29) is 17.7 Å². The van der Waals surface area contributed by atoms with Crippen LogP contribution < -0.4 is 27.4 Å². The molecule has 1 saturated heterocycles. The maximum absolute atomic E-state index is 13.2. The van der Waals surface area contributed by atoms with Crippen molar-refractivity contribution < 1.29 is 14.4 Å². The first-order valence-electron chi connectivity index (χ1n) is 21.3. The van der Waals surface area contributed by atoms with Crippen molar-refractivity contribution in [2.45, 2.75) is 174 Å². The van der Waals surface area contributed by atoms with Gasteiger partial charge in [-0.05, 0) is 96.7 Å². The number of nitrogens with one attached hydrogen (secondary N) is 3. The van der Waals surface area contributed by atoms with Crippen LogP contribution in [0.4, 0.5) is 0 Å². The number of nitrogens with zero attached hydrogens (tertiary/aromatic N) is 2. The molecule has 0 spiro atoms. The lowest BCUT2D eigenvalue weighted by atomic mass is 10.1. The first-order chi connectivity index (χ1) is 24.9. The Morgan fingerprint density at radius 3 is 1.76 bits per heavy atom. The van der Waals surface area contributed by atoms with E-state index in [9.17, 15) is 14.4 Å². The van der Waals surface area contributed by atoms with Crippen molar-refractivity contribution >= 4 is 17.7 Å². The molecule has 0 aliphatic carbocycles. The number of rotatable bonds is 34. The minimum atomic E-state index is -0.558. The Kier molecular flexibility index (Phi) is 31.2. The number of carbonyl (C=O) groups is 3. The largest absolute Gasteiger partial charge is 0.355 e. The Balaban J connectivity index is 2.35. The van der Waals surface area contributed by atoms with E-state index in [2.05, 4.69) is 51.7 Å². The van der Waals surface area contributed by atoms with E-state index in [1.165, 1.54) is 77.2 Å². The fraction of sp³-hybridized carbons (Fsp3) is 0.878. The van der Waals surface area contributed by atoms with Gasteiger partial charge in [0, 0.05) is 45.7 Å². The number of hydrogen-bond acceptors (Lipinski definition) is 7. The Morgan fingerprint density at radius 2 is 1.14 bits per heavy atom. The van der Waals surface area contributed by atoms with E-state index in [1.807, 2.05) is 0 Å². The highest BCUT2D eigenvalue weighted by Crippen LogP contribution is 2.11. The summed E-state index contributed by atoms with van der Waals surface area (Å²) in [5.74, 6) is -0.300. The monoisotopic (exact) mass is 720 g/mol. The summed E-state index contributed by atoms with van der Waals surface area (Å²) < 4.78 is 0. The van der Waals surface area contributed by atoms with Crippen LogP contribution in [0.5, 0.6) is 0 Å². The van der Waals surface area contributed by atoms with Crippen LogP contribution in [-0.2, 0) is 14.4 Å².